The SMILES string of the molecule is CCN(C)CC1CCCCC1C(=O)O.Cl.Cl. The molecule has 1 rings (SSSR count). The number of hydrogen-bond donors (Lipinski definition) is 1. The van der Waals surface area contributed by atoms with Crippen molar-refractivity contribution in [2.24, 2.45) is 11.8 Å². The highest BCUT2D eigenvalue weighted by molar-refractivity contribution is 5.85. The molecule has 16 heavy (non-hydrogen) atoms. The molecule has 1 fully saturated rings. The maximum Gasteiger partial charge on any atom is 0.306 e. The van der Waals surface area contributed by atoms with Gasteiger partial charge in [0.1, 0.15) is 0 Å². The van der Waals surface area contributed by atoms with E-state index in [9.17, 15) is 4.79 Å². The first-order valence-corrected chi connectivity index (χ1v) is 5.56. The smallest absolute Gasteiger partial charge is 0.306 e. The molecule has 1 N–H and O–H groups in total. The molecule has 0 aromatic carbocycles. The highest BCUT2D eigenvalue weighted by atomic mass is 35.5. The average molecular weight is 272 g/mol. The van der Waals surface area contributed by atoms with Crippen molar-refractivity contribution >= 4 is 30.8 Å². The van der Waals surface area contributed by atoms with Crippen LogP contribution >= 0.6 is 24.8 Å². The van der Waals surface area contributed by atoms with Gasteiger partial charge in [-0.3, -0.25) is 4.79 Å². The number of carbonyl (C=O) groups is 1. The summed E-state index contributed by atoms with van der Waals surface area (Å²) in [4.78, 5) is 13.2. The van der Waals surface area contributed by atoms with Crippen molar-refractivity contribution in [2.75, 3.05) is 20.1 Å². The van der Waals surface area contributed by atoms with Crippen LogP contribution in [0.5, 0.6) is 0 Å². The molecule has 0 spiro atoms. The molecule has 0 amide bonds. The minimum Gasteiger partial charge on any atom is -0.481 e. The molecule has 1 aliphatic carbocycles. The maximum absolute atomic E-state index is 11.0. The lowest BCUT2D eigenvalue weighted by molar-refractivity contribution is -0.145. The topological polar surface area (TPSA) is 40.5 Å². The van der Waals surface area contributed by atoms with Gasteiger partial charge in [-0.05, 0) is 32.4 Å². The van der Waals surface area contributed by atoms with E-state index in [0.29, 0.717) is 5.92 Å². The van der Waals surface area contributed by atoms with Crippen LogP contribution in [-0.4, -0.2) is 36.1 Å². The molecule has 0 bridgehead atoms. The molecule has 1 aliphatic rings. The summed E-state index contributed by atoms with van der Waals surface area (Å²) in [7, 11) is 2.06. The summed E-state index contributed by atoms with van der Waals surface area (Å²) in [5.74, 6) is -0.330. The van der Waals surface area contributed by atoms with Gasteiger partial charge in [-0.25, -0.2) is 0 Å². The Hall–Kier alpha value is 0.01000. The summed E-state index contributed by atoms with van der Waals surface area (Å²) in [6, 6.07) is 0. The van der Waals surface area contributed by atoms with Crippen LogP contribution in [0, 0.1) is 11.8 Å². The molecule has 5 heteroatoms. The van der Waals surface area contributed by atoms with Gasteiger partial charge in [0.2, 0.25) is 0 Å². The van der Waals surface area contributed by atoms with Gasteiger partial charge in [-0.1, -0.05) is 19.8 Å². The zero-order chi connectivity index (χ0) is 10.6. The number of rotatable bonds is 4. The van der Waals surface area contributed by atoms with Crippen LogP contribution in [0.25, 0.3) is 0 Å². The van der Waals surface area contributed by atoms with Crippen molar-refractivity contribution in [1.82, 2.24) is 4.90 Å². The molecule has 2 unspecified atom stereocenters. The molecular formula is C11H23Cl2NO2. The predicted molar refractivity (Wildman–Crippen MR) is 70.8 cm³/mol. The summed E-state index contributed by atoms with van der Waals surface area (Å²) >= 11 is 0. The summed E-state index contributed by atoms with van der Waals surface area (Å²) in [5, 5.41) is 9.08. The summed E-state index contributed by atoms with van der Waals surface area (Å²) in [6.45, 7) is 4.05. The second-order valence-corrected chi connectivity index (χ2v) is 4.34. The molecule has 0 aromatic heterocycles. The van der Waals surface area contributed by atoms with Gasteiger partial charge in [0.15, 0.2) is 0 Å². The number of nitrogens with zero attached hydrogens (tertiary/aromatic N) is 1. The van der Waals surface area contributed by atoms with Crippen molar-refractivity contribution in [2.45, 2.75) is 32.6 Å². The second-order valence-electron chi connectivity index (χ2n) is 4.34. The zero-order valence-corrected chi connectivity index (χ0v) is 11.6. The lowest BCUT2D eigenvalue weighted by atomic mass is 9.79. The molecule has 0 radical (unpaired) electrons. The first kappa shape index (κ1) is 18.4. The van der Waals surface area contributed by atoms with E-state index in [1.165, 1.54) is 6.42 Å². The second kappa shape index (κ2) is 9.08. The van der Waals surface area contributed by atoms with Crippen molar-refractivity contribution in [3.05, 3.63) is 0 Å². The first-order chi connectivity index (χ1) is 6.65. The largest absolute Gasteiger partial charge is 0.481 e. The molecular weight excluding hydrogens is 249 g/mol. The van der Waals surface area contributed by atoms with Crippen molar-refractivity contribution in [1.29, 1.82) is 0 Å². The van der Waals surface area contributed by atoms with E-state index in [4.69, 9.17) is 5.11 Å². The third-order valence-corrected chi connectivity index (χ3v) is 3.31. The van der Waals surface area contributed by atoms with E-state index in [-0.39, 0.29) is 30.7 Å². The Bertz CT molecular complexity index is 202. The molecule has 0 heterocycles. The van der Waals surface area contributed by atoms with Crippen molar-refractivity contribution < 1.29 is 9.90 Å². The minimum absolute atomic E-state index is 0. The van der Waals surface area contributed by atoms with Crippen LogP contribution < -0.4 is 0 Å². The maximum atomic E-state index is 11.0. The summed E-state index contributed by atoms with van der Waals surface area (Å²) < 4.78 is 0. The van der Waals surface area contributed by atoms with E-state index in [2.05, 4.69) is 18.9 Å². The third-order valence-electron chi connectivity index (χ3n) is 3.31. The average Bonchev–Trinajstić information content (AvgIpc) is 2.18. The van der Waals surface area contributed by atoms with Gasteiger partial charge in [0.25, 0.3) is 0 Å². The number of carboxylic acid groups (broad SMARTS) is 1. The third kappa shape index (κ3) is 5.37. The van der Waals surface area contributed by atoms with E-state index < -0.39 is 5.97 Å². The molecule has 1 saturated carbocycles. The molecule has 98 valence electrons. The fraction of sp³-hybridized carbons (Fsp3) is 0.909. The fourth-order valence-electron chi connectivity index (χ4n) is 2.28. The molecule has 3 nitrogen and oxygen atoms in total. The molecule has 0 saturated heterocycles. The number of carboxylic acids is 1. The monoisotopic (exact) mass is 271 g/mol. The van der Waals surface area contributed by atoms with Crippen molar-refractivity contribution in [3.8, 4) is 0 Å². The van der Waals surface area contributed by atoms with Gasteiger partial charge in [-0.2, -0.15) is 0 Å². The van der Waals surface area contributed by atoms with E-state index in [1.54, 1.807) is 0 Å². The lowest BCUT2D eigenvalue weighted by Gasteiger charge is -2.31. The van der Waals surface area contributed by atoms with E-state index in [1.807, 2.05) is 0 Å². The van der Waals surface area contributed by atoms with Gasteiger partial charge in [0, 0.05) is 6.54 Å². The normalized spacial score (nSPS) is 24.4. The zero-order valence-electron chi connectivity index (χ0n) is 10.0. The Morgan fingerprint density at radius 1 is 1.31 bits per heavy atom. The molecule has 0 aliphatic heterocycles. The van der Waals surface area contributed by atoms with E-state index in [0.717, 1.165) is 32.4 Å². The van der Waals surface area contributed by atoms with Crippen LogP contribution in [-0.2, 0) is 4.79 Å². The number of hydrogen-bond acceptors (Lipinski definition) is 2. The minimum atomic E-state index is -0.598. The Kier molecular flexibility index (Phi) is 10.4. The van der Waals surface area contributed by atoms with Gasteiger partial charge >= 0.3 is 5.97 Å². The van der Waals surface area contributed by atoms with Crippen LogP contribution in [0.4, 0.5) is 0 Å². The Morgan fingerprint density at radius 2 is 1.88 bits per heavy atom. The number of halogens is 2. The first-order valence-electron chi connectivity index (χ1n) is 5.56. The van der Waals surface area contributed by atoms with E-state index >= 15 is 0 Å². The quantitative estimate of drug-likeness (QED) is 0.855. The van der Waals surface area contributed by atoms with Crippen molar-refractivity contribution in [3.63, 3.8) is 0 Å². The van der Waals surface area contributed by atoms with Crippen LogP contribution in [0.15, 0.2) is 0 Å². The Balaban J connectivity index is 0. The Morgan fingerprint density at radius 3 is 2.38 bits per heavy atom. The van der Waals surface area contributed by atoms with Gasteiger partial charge in [0.05, 0.1) is 5.92 Å². The van der Waals surface area contributed by atoms with Crippen LogP contribution in [0.3, 0.4) is 0 Å². The number of aliphatic carboxylic acids is 1. The van der Waals surface area contributed by atoms with Crippen LogP contribution in [0.1, 0.15) is 32.6 Å². The highest BCUT2D eigenvalue weighted by Gasteiger charge is 2.30. The van der Waals surface area contributed by atoms with Crippen LogP contribution in [0.2, 0.25) is 0 Å². The van der Waals surface area contributed by atoms with Gasteiger partial charge in [-0.15, -0.1) is 24.8 Å². The standard InChI is InChI=1S/C11H21NO2.2ClH/c1-3-12(2)8-9-6-4-5-7-10(9)11(13)14;;/h9-10H,3-8H2,1-2H3,(H,13,14);2*1H. The van der Waals surface area contributed by atoms with Gasteiger partial charge < -0.3 is 10.0 Å². The Labute approximate surface area is 110 Å². The molecule has 2 atom stereocenters. The predicted octanol–water partition coefficient (Wildman–Crippen LogP) is 2.67. The summed E-state index contributed by atoms with van der Waals surface area (Å²) in [5.41, 5.74) is 0. The molecule has 0 aromatic rings. The fourth-order valence-corrected chi connectivity index (χ4v) is 2.28. The highest BCUT2D eigenvalue weighted by Crippen LogP contribution is 2.30. The summed E-state index contributed by atoms with van der Waals surface area (Å²) in [6.07, 6.45) is 4.24. The lowest BCUT2D eigenvalue weighted by Crippen LogP contribution is -2.35.